The van der Waals surface area contributed by atoms with Gasteiger partial charge in [-0.15, -0.1) is 11.3 Å². The lowest BCUT2D eigenvalue weighted by molar-refractivity contribution is -0.125. The van der Waals surface area contributed by atoms with E-state index in [1.165, 1.54) is 16.2 Å². The minimum atomic E-state index is -0.467. The van der Waals surface area contributed by atoms with Crippen molar-refractivity contribution in [3.05, 3.63) is 94.3 Å². The molecule has 43 heavy (non-hydrogen) atoms. The highest BCUT2D eigenvalue weighted by Gasteiger charge is 2.41. The number of carbonyl (C=O) groups is 3. The number of fused-ring (bicyclic) bond motifs is 2. The van der Waals surface area contributed by atoms with E-state index in [1.807, 2.05) is 66.0 Å². The fourth-order valence-electron chi connectivity index (χ4n) is 5.95. The fourth-order valence-corrected chi connectivity index (χ4v) is 6.70. The summed E-state index contributed by atoms with van der Waals surface area (Å²) in [6.07, 6.45) is 1.09. The van der Waals surface area contributed by atoms with Crippen LogP contribution in [0.4, 0.5) is 5.69 Å². The molecule has 1 N–H and O–H groups in total. The van der Waals surface area contributed by atoms with Crippen molar-refractivity contribution in [2.45, 2.75) is 25.5 Å². The molecule has 4 aromatic rings. The van der Waals surface area contributed by atoms with Crippen LogP contribution >= 0.6 is 11.3 Å². The number of hydrogen-bond acceptors (Lipinski definition) is 8. The Morgan fingerprint density at radius 3 is 2.65 bits per heavy atom. The van der Waals surface area contributed by atoms with Crippen LogP contribution in [0.2, 0.25) is 0 Å². The Hall–Kier alpha value is -4.70. The van der Waals surface area contributed by atoms with Gasteiger partial charge in [0, 0.05) is 24.0 Å². The van der Waals surface area contributed by atoms with Crippen molar-refractivity contribution in [3.8, 4) is 22.8 Å². The molecule has 3 aliphatic heterocycles. The van der Waals surface area contributed by atoms with Gasteiger partial charge in [0.25, 0.3) is 11.8 Å². The Morgan fingerprint density at radius 2 is 1.79 bits per heavy atom. The van der Waals surface area contributed by atoms with Gasteiger partial charge in [-0.2, -0.15) is 0 Å². The molecule has 0 bridgehead atoms. The lowest BCUT2D eigenvalue weighted by Crippen LogP contribution is -2.44. The molecule has 3 aliphatic rings. The third kappa shape index (κ3) is 5.34. The monoisotopic (exact) mass is 594 g/mol. The first-order valence-electron chi connectivity index (χ1n) is 14.5. The van der Waals surface area contributed by atoms with Crippen molar-refractivity contribution in [1.82, 2.24) is 15.2 Å². The number of piperidine rings is 1. The van der Waals surface area contributed by atoms with E-state index in [0.717, 1.165) is 29.1 Å². The molecule has 9 nitrogen and oxygen atoms in total. The number of benzene rings is 3. The van der Waals surface area contributed by atoms with Gasteiger partial charge < -0.3 is 19.7 Å². The molecule has 4 heterocycles. The lowest BCUT2D eigenvalue weighted by Gasteiger charge is -2.34. The summed E-state index contributed by atoms with van der Waals surface area (Å²) in [6, 6.07) is 22.7. The Bertz CT molecular complexity index is 1690. The van der Waals surface area contributed by atoms with E-state index in [-0.39, 0.29) is 36.8 Å². The van der Waals surface area contributed by atoms with Crippen LogP contribution in [-0.2, 0) is 11.3 Å². The molecule has 1 aromatic heterocycles. The highest BCUT2D eigenvalue weighted by molar-refractivity contribution is 7.09. The highest BCUT2D eigenvalue weighted by Crippen LogP contribution is 2.36. The fraction of sp³-hybridized carbons (Fsp3) is 0.273. The van der Waals surface area contributed by atoms with E-state index >= 15 is 0 Å². The topological polar surface area (TPSA) is 101 Å². The number of ether oxygens (including phenoxy) is 2. The second-order valence-electron chi connectivity index (χ2n) is 10.9. The van der Waals surface area contributed by atoms with Crippen LogP contribution in [-0.4, -0.2) is 60.0 Å². The van der Waals surface area contributed by atoms with Gasteiger partial charge in [-0.1, -0.05) is 48.5 Å². The zero-order valence-electron chi connectivity index (χ0n) is 23.4. The second-order valence-corrected chi connectivity index (χ2v) is 11.9. The van der Waals surface area contributed by atoms with Crippen molar-refractivity contribution >= 4 is 34.7 Å². The van der Waals surface area contributed by atoms with Crippen molar-refractivity contribution < 1.29 is 23.9 Å². The van der Waals surface area contributed by atoms with Crippen molar-refractivity contribution in [2.75, 3.05) is 31.1 Å². The molecule has 1 saturated heterocycles. The van der Waals surface area contributed by atoms with Gasteiger partial charge >= 0.3 is 0 Å². The summed E-state index contributed by atoms with van der Waals surface area (Å²) in [5, 5.41) is 5.91. The molecule has 218 valence electrons. The maximum Gasteiger partial charge on any atom is 0.263 e. The Balaban J connectivity index is 1.01. The summed E-state index contributed by atoms with van der Waals surface area (Å²) in [6.45, 7) is 1.87. The van der Waals surface area contributed by atoms with Crippen LogP contribution in [0.3, 0.4) is 0 Å². The van der Waals surface area contributed by atoms with Gasteiger partial charge in [0.05, 0.1) is 41.5 Å². The molecule has 0 unspecified atom stereocenters. The van der Waals surface area contributed by atoms with Crippen molar-refractivity contribution in [2.24, 2.45) is 5.92 Å². The number of carbonyl (C=O) groups excluding carboxylic acids is 3. The predicted molar refractivity (Wildman–Crippen MR) is 162 cm³/mol. The summed E-state index contributed by atoms with van der Waals surface area (Å²) in [4.78, 5) is 48.2. The average molecular weight is 595 g/mol. The highest BCUT2D eigenvalue weighted by atomic mass is 32.1. The van der Waals surface area contributed by atoms with E-state index in [0.29, 0.717) is 47.9 Å². The minimum absolute atomic E-state index is 0.0347. The zero-order valence-corrected chi connectivity index (χ0v) is 24.2. The third-order valence-corrected chi connectivity index (χ3v) is 8.95. The number of nitrogens with zero attached hydrogens (tertiary/aromatic N) is 3. The molecule has 3 aromatic carbocycles. The molecule has 0 spiro atoms. The van der Waals surface area contributed by atoms with Crippen LogP contribution in [0.1, 0.15) is 38.6 Å². The van der Waals surface area contributed by atoms with Crippen molar-refractivity contribution in [1.29, 1.82) is 0 Å². The number of imide groups is 1. The number of thiazole rings is 1. The summed E-state index contributed by atoms with van der Waals surface area (Å²) in [5.41, 5.74) is 3.41. The van der Waals surface area contributed by atoms with Crippen LogP contribution in [0.15, 0.2) is 78.2 Å². The largest absolute Gasteiger partial charge is 0.486 e. The summed E-state index contributed by atoms with van der Waals surface area (Å²) < 4.78 is 11.8. The number of aromatic nitrogens is 1. The zero-order chi connectivity index (χ0) is 29.3. The number of anilines is 1. The van der Waals surface area contributed by atoms with Crippen LogP contribution in [0, 0.1) is 5.92 Å². The molecule has 10 heteroatoms. The molecule has 0 radical (unpaired) electrons. The van der Waals surface area contributed by atoms with Gasteiger partial charge in [-0.25, -0.2) is 4.98 Å². The maximum atomic E-state index is 13.7. The van der Waals surface area contributed by atoms with Crippen LogP contribution < -0.4 is 19.7 Å². The van der Waals surface area contributed by atoms with Crippen LogP contribution in [0.25, 0.3) is 11.3 Å². The number of rotatable bonds is 7. The first kappa shape index (κ1) is 27.2. The Morgan fingerprint density at radius 1 is 0.977 bits per heavy atom. The molecule has 0 saturated carbocycles. The van der Waals surface area contributed by atoms with Gasteiger partial charge in [-0.05, 0) is 37.1 Å². The first-order chi connectivity index (χ1) is 21.0. The molecule has 2 atom stereocenters. The van der Waals surface area contributed by atoms with E-state index in [4.69, 9.17) is 9.47 Å². The number of nitrogens with one attached hydrogen (secondary N) is 1. The normalized spacial score (nSPS) is 19.3. The second kappa shape index (κ2) is 11.5. The molecular weight excluding hydrogens is 564 g/mol. The standard InChI is InChI=1S/C33H30N4O5S/c38-31(34-16-29-35-25(20-43-29)21-8-2-1-3-9-21)22-10-7-15-36(17-22)26-12-6-11-24-30(26)33(40)37(32(24)39)18-23-19-41-27-13-4-5-14-28(27)42-23/h1-6,8-9,11-14,20,22-23H,7,10,15-19H2,(H,34,38)/t22-,23-/m0/s1. The van der Waals surface area contributed by atoms with Gasteiger partial charge in [0.2, 0.25) is 5.91 Å². The van der Waals surface area contributed by atoms with E-state index < -0.39 is 6.10 Å². The number of para-hydroxylation sites is 2. The Labute approximate surface area is 253 Å². The smallest absolute Gasteiger partial charge is 0.263 e. The summed E-state index contributed by atoms with van der Waals surface area (Å²) >= 11 is 1.53. The average Bonchev–Trinajstić information content (AvgIpc) is 3.63. The van der Waals surface area contributed by atoms with Gasteiger partial charge in [0.1, 0.15) is 11.6 Å². The predicted octanol–water partition coefficient (Wildman–Crippen LogP) is 4.78. The maximum absolute atomic E-state index is 13.7. The third-order valence-electron chi connectivity index (χ3n) is 8.10. The van der Waals surface area contributed by atoms with Gasteiger partial charge in [0.15, 0.2) is 17.6 Å². The SMILES string of the molecule is O=C(NCc1nc(-c2ccccc2)cs1)[C@H]1CCCN(c2cccc3c2C(=O)N(C[C@H]2COc4ccccc4O2)C3=O)C1. The summed E-state index contributed by atoms with van der Waals surface area (Å²) in [5.74, 6) is 0.286. The summed E-state index contributed by atoms with van der Waals surface area (Å²) in [7, 11) is 0. The van der Waals surface area contributed by atoms with Crippen molar-refractivity contribution in [3.63, 3.8) is 0 Å². The number of hydrogen-bond donors (Lipinski definition) is 1. The lowest BCUT2D eigenvalue weighted by atomic mass is 9.95. The minimum Gasteiger partial charge on any atom is -0.486 e. The van der Waals surface area contributed by atoms with E-state index in [1.54, 1.807) is 12.1 Å². The van der Waals surface area contributed by atoms with Gasteiger partial charge in [-0.3, -0.25) is 19.3 Å². The molecule has 7 rings (SSSR count). The van der Waals surface area contributed by atoms with E-state index in [9.17, 15) is 14.4 Å². The van der Waals surface area contributed by atoms with E-state index in [2.05, 4.69) is 15.2 Å². The Kier molecular flexibility index (Phi) is 7.28. The molecule has 1 fully saturated rings. The molecule has 3 amide bonds. The molecule has 0 aliphatic carbocycles. The first-order valence-corrected chi connectivity index (χ1v) is 15.3. The van der Waals surface area contributed by atoms with Crippen LogP contribution in [0.5, 0.6) is 11.5 Å². The molecular formula is C33H30N4O5S. The number of amides is 3. The quantitative estimate of drug-likeness (QED) is 0.308.